The van der Waals surface area contributed by atoms with Gasteiger partial charge in [0, 0.05) is 24.7 Å². The highest BCUT2D eigenvalue weighted by atomic mass is 19.4. The molecule has 12 heteroatoms. The maximum Gasteiger partial charge on any atom is 0.416 e. The topological polar surface area (TPSA) is 70.7 Å². The van der Waals surface area contributed by atoms with Crippen molar-refractivity contribution in [3.63, 3.8) is 0 Å². The summed E-state index contributed by atoms with van der Waals surface area (Å²) in [6.07, 6.45) is -7.52. The number of rotatable bonds is 6. The molecule has 1 aliphatic carbocycles. The van der Waals surface area contributed by atoms with Crippen LogP contribution in [0.3, 0.4) is 0 Å². The predicted molar refractivity (Wildman–Crippen MR) is 110 cm³/mol. The molecular weight excluding hydrogens is 468 g/mol. The van der Waals surface area contributed by atoms with E-state index >= 15 is 0 Å². The normalized spacial score (nSPS) is 21.9. The third-order valence-corrected chi connectivity index (χ3v) is 6.10. The first kappa shape index (κ1) is 26.3. The minimum absolute atomic E-state index is 0.00120. The summed E-state index contributed by atoms with van der Waals surface area (Å²) in [6.45, 7) is 3.02. The summed E-state index contributed by atoms with van der Waals surface area (Å²) in [5, 5.41) is 5.71. The number of nitrogens with zero attached hydrogens (tertiary/aromatic N) is 1. The van der Waals surface area contributed by atoms with Gasteiger partial charge in [-0.2, -0.15) is 26.3 Å². The lowest BCUT2D eigenvalue weighted by Gasteiger charge is -2.30. The van der Waals surface area contributed by atoms with E-state index in [4.69, 9.17) is 4.74 Å². The van der Waals surface area contributed by atoms with Crippen LogP contribution in [-0.4, -0.2) is 62.1 Å². The van der Waals surface area contributed by atoms with Gasteiger partial charge in [0.25, 0.3) is 5.91 Å². The fraction of sp³-hybridized carbons (Fsp3) is 0.636. The van der Waals surface area contributed by atoms with Gasteiger partial charge in [0.05, 0.1) is 30.9 Å². The van der Waals surface area contributed by atoms with Crippen LogP contribution in [0.15, 0.2) is 18.2 Å². The smallest absolute Gasteiger partial charge is 0.378 e. The number of nitrogens with one attached hydrogen (secondary N) is 2. The third kappa shape index (κ3) is 7.33. The fourth-order valence-electron chi connectivity index (χ4n) is 4.17. The van der Waals surface area contributed by atoms with Crippen LogP contribution in [0.1, 0.15) is 47.2 Å². The quantitative estimate of drug-likeness (QED) is 0.594. The molecule has 0 unspecified atom stereocenters. The molecule has 2 N–H and O–H groups in total. The monoisotopic (exact) mass is 495 g/mol. The molecule has 0 radical (unpaired) electrons. The van der Waals surface area contributed by atoms with E-state index < -0.39 is 35.0 Å². The molecule has 2 fully saturated rings. The highest BCUT2D eigenvalue weighted by molar-refractivity contribution is 5.94. The van der Waals surface area contributed by atoms with Crippen LogP contribution in [-0.2, 0) is 21.9 Å². The fourth-order valence-corrected chi connectivity index (χ4v) is 4.17. The van der Waals surface area contributed by atoms with E-state index in [9.17, 15) is 35.9 Å². The number of carbonyl (C=O) groups is 2. The zero-order chi connectivity index (χ0) is 24.9. The first-order chi connectivity index (χ1) is 15.9. The van der Waals surface area contributed by atoms with Crippen LogP contribution < -0.4 is 10.6 Å². The molecule has 1 saturated carbocycles. The van der Waals surface area contributed by atoms with Gasteiger partial charge in [-0.1, -0.05) is 0 Å². The van der Waals surface area contributed by atoms with E-state index in [0.717, 1.165) is 0 Å². The third-order valence-electron chi connectivity index (χ3n) is 6.10. The second-order valence-corrected chi connectivity index (χ2v) is 8.61. The number of alkyl halides is 6. The summed E-state index contributed by atoms with van der Waals surface area (Å²) in [5.41, 5.74) is -3.71. The summed E-state index contributed by atoms with van der Waals surface area (Å²) >= 11 is 0. The van der Waals surface area contributed by atoms with Crippen LogP contribution in [0, 0.1) is 5.92 Å². The Labute approximate surface area is 193 Å². The summed E-state index contributed by atoms with van der Waals surface area (Å²) in [5.74, 6) is -0.700. The van der Waals surface area contributed by atoms with Crippen molar-refractivity contribution >= 4 is 11.8 Å². The Hall–Kier alpha value is -2.34. The summed E-state index contributed by atoms with van der Waals surface area (Å²) < 4.78 is 83.4. The molecule has 1 saturated heterocycles. The van der Waals surface area contributed by atoms with Gasteiger partial charge < -0.3 is 20.3 Å². The lowest BCUT2D eigenvalue weighted by molar-refractivity contribution is -0.143. The first-order valence-corrected chi connectivity index (χ1v) is 11.1. The predicted octanol–water partition coefficient (Wildman–Crippen LogP) is 3.46. The Morgan fingerprint density at radius 1 is 0.912 bits per heavy atom. The van der Waals surface area contributed by atoms with Crippen molar-refractivity contribution in [3.8, 4) is 0 Å². The maximum absolute atomic E-state index is 13.0. The van der Waals surface area contributed by atoms with Gasteiger partial charge in [0.2, 0.25) is 5.91 Å². The number of hydrogen-bond acceptors (Lipinski definition) is 4. The SMILES string of the molecule is O=C(N[C@H]1CC[C@H](CNCC(=O)N2CCOCC2)CC1)c1cc(C(F)(F)F)cc(C(F)(F)F)c1. The molecule has 0 bridgehead atoms. The molecule has 0 spiro atoms. The summed E-state index contributed by atoms with van der Waals surface area (Å²) in [4.78, 5) is 26.3. The number of hydrogen-bond donors (Lipinski definition) is 2. The number of carbonyl (C=O) groups excluding carboxylic acids is 2. The van der Waals surface area contributed by atoms with E-state index in [0.29, 0.717) is 70.7 Å². The lowest BCUT2D eigenvalue weighted by Crippen LogP contribution is -2.45. The van der Waals surface area contributed by atoms with Crippen LogP contribution in [0.4, 0.5) is 26.3 Å². The Kier molecular flexibility index (Phi) is 8.45. The number of benzene rings is 1. The van der Waals surface area contributed by atoms with Crippen molar-refractivity contribution in [2.45, 2.75) is 44.1 Å². The maximum atomic E-state index is 13.0. The molecule has 3 rings (SSSR count). The molecule has 1 aliphatic heterocycles. The van der Waals surface area contributed by atoms with Gasteiger partial charge in [-0.15, -0.1) is 0 Å². The van der Waals surface area contributed by atoms with Crippen molar-refractivity contribution < 1.29 is 40.7 Å². The average Bonchev–Trinajstić information content (AvgIpc) is 2.79. The minimum atomic E-state index is -5.01. The molecule has 1 aromatic rings. The molecule has 6 nitrogen and oxygen atoms in total. The van der Waals surface area contributed by atoms with E-state index in [1.165, 1.54) is 0 Å². The van der Waals surface area contributed by atoms with Gasteiger partial charge in [0.15, 0.2) is 0 Å². The van der Waals surface area contributed by atoms with Gasteiger partial charge in [-0.05, 0) is 56.3 Å². The number of halogens is 6. The van der Waals surface area contributed by atoms with E-state index in [2.05, 4.69) is 10.6 Å². The molecular formula is C22H27F6N3O3. The van der Waals surface area contributed by atoms with Crippen molar-refractivity contribution in [2.24, 2.45) is 5.92 Å². The lowest BCUT2D eigenvalue weighted by atomic mass is 9.86. The van der Waals surface area contributed by atoms with Crippen LogP contribution in [0.2, 0.25) is 0 Å². The second-order valence-electron chi connectivity index (χ2n) is 8.61. The van der Waals surface area contributed by atoms with Gasteiger partial charge in [-0.25, -0.2) is 0 Å². The number of ether oxygens (including phenoxy) is 1. The number of amides is 2. The van der Waals surface area contributed by atoms with Crippen LogP contribution >= 0.6 is 0 Å². The van der Waals surface area contributed by atoms with E-state index in [1.54, 1.807) is 4.90 Å². The van der Waals surface area contributed by atoms with Crippen LogP contribution in [0.5, 0.6) is 0 Å². The second kappa shape index (κ2) is 10.9. The summed E-state index contributed by atoms with van der Waals surface area (Å²) in [7, 11) is 0. The minimum Gasteiger partial charge on any atom is -0.378 e. The zero-order valence-electron chi connectivity index (χ0n) is 18.4. The number of morpholine rings is 1. The highest BCUT2D eigenvalue weighted by Crippen LogP contribution is 2.36. The van der Waals surface area contributed by atoms with Crippen molar-refractivity contribution in [2.75, 3.05) is 39.4 Å². The molecule has 0 atom stereocenters. The standard InChI is InChI=1S/C22H27F6N3O3/c23-21(24,25)16-9-15(10-17(11-16)22(26,27)28)20(33)30-18-3-1-14(2-4-18)12-29-13-19(32)31-5-7-34-8-6-31/h9-11,14,18,29H,1-8,12-13H2,(H,30,33)/t14-,18-. The Morgan fingerprint density at radius 2 is 1.47 bits per heavy atom. The molecule has 1 aromatic carbocycles. The van der Waals surface area contributed by atoms with Gasteiger partial charge in [0.1, 0.15) is 0 Å². The molecule has 34 heavy (non-hydrogen) atoms. The molecule has 2 aliphatic rings. The van der Waals surface area contributed by atoms with Gasteiger partial charge >= 0.3 is 12.4 Å². The summed E-state index contributed by atoms with van der Waals surface area (Å²) in [6, 6.07) is 0.526. The van der Waals surface area contributed by atoms with Crippen molar-refractivity contribution in [3.05, 3.63) is 34.9 Å². The molecule has 1 heterocycles. The van der Waals surface area contributed by atoms with E-state index in [1.807, 2.05) is 0 Å². The van der Waals surface area contributed by atoms with Gasteiger partial charge in [-0.3, -0.25) is 9.59 Å². The zero-order valence-corrected chi connectivity index (χ0v) is 18.4. The molecule has 0 aromatic heterocycles. The van der Waals surface area contributed by atoms with Crippen molar-refractivity contribution in [1.29, 1.82) is 0 Å². The Bertz CT molecular complexity index is 828. The average molecular weight is 495 g/mol. The van der Waals surface area contributed by atoms with Crippen LogP contribution in [0.25, 0.3) is 0 Å². The first-order valence-electron chi connectivity index (χ1n) is 11.1. The molecule has 2 amide bonds. The van der Waals surface area contributed by atoms with E-state index in [-0.39, 0.29) is 30.5 Å². The Morgan fingerprint density at radius 3 is 2.00 bits per heavy atom. The highest BCUT2D eigenvalue weighted by Gasteiger charge is 2.37. The van der Waals surface area contributed by atoms with Crippen molar-refractivity contribution in [1.82, 2.24) is 15.5 Å². The largest absolute Gasteiger partial charge is 0.416 e. The Balaban J connectivity index is 1.48. The molecule has 190 valence electrons.